The molecule has 0 spiro atoms. The van der Waals surface area contributed by atoms with Crippen LogP contribution in [-0.2, 0) is 14.8 Å². The average Bonchev–Trinajstić information content (AvgIpc) is 3.28. The molecule has 1 fully saturated rings. The largest absolute Gasteiger partial charge is 0.326 e. The Morgan fingerprint density at radius 2 is 1.59 bits per heavy atom. The zero-order valence-corrected chi connectivity index (χ0v) is 19.6. The molecule has 2 heterocycles. The number of carbonyl (C=O) groups excluding carboxylic acids is 1. The number of piperidine rings is 1. The van der Waals surface area contributed by atoms with Crippen LogP contribution < -0.4 is 5.32 Å². The summed E-state index contributed by atoms with van der Waals surface area (Å²) >= 11 is 0. The van der Waals surface area contributed by atoms with Gasteiger partial charge in [0.05, 0.1) is 10.6 Å². The number of sulfonamides is 1. The number of nitrogens with zero attached hydrogens (tertiary/aromatic N) is 4. The first kappa shape index (κ1) is 22.2. The maximum absolute atomic E-state index is 12.9. The molecule has 9 heteroatoms. The third-order valence-electron chi connectivity index (χ3n) is 6.12. The minimum absolute atomic E-state index is 0.109. The zero-order valence-electron chi connectivity index (χ0n) is 18.8. The van der Waals surface area contributed by atoms with Crippen LogP contribution in [-0.4, -0.2) is 46.7 Å². The molecule has 34 heavy (non-hydrogen) atoms. The fourth-order valence-electron chi connectivity index (χ4n) is 4.13. The summed E-state index contributed by atoms with van der Waals surface area (Å²) in [5.74, 6) is -0.359. The lowest BCUT2D eigenvalue weighted by Gasteiger charge is -2.30. The first-order valence-electron chi connectivity index (χ1n) is 11.2. The number of benzene rings is 3. The SMILES string of the molecule is Cc1ccc(S(=O)(=O)N2CCC(C(=O)Nc3ccc4nn(-c5ccccc5)nc4c3)CC2)cc1. The summed E-state index contributed by atoms with van der Waals surface area (Å²) < 4.78 is 27.3. The van der Waals surface area contributed by atoms with Gasteiger partial charge >= 0.3 is 0 Å². The van der Waals surface area contributed by atoms with Crippen molar-refractivity contribution < 1.29 is 13.2 Å². The van der Waals surface area contributed by atoms with Gasteiger partial charge in [-0.15, -0.1) is 10.2 Å². The summed E-state index contributed by atoms with van der Waals surface area (Å²) in [7, 11) is -3.55. The predicted molar refractivity (Wildman–Crippen MR) is 130 cm³/mol. The van der Waals surface area contributed by atoms with Crippen LogP contribution in [0.5, 0.6) is 0 Å². The molecule has 4 aromatic rings. The Morgan fingerprint density at radius 1 is 0.912 bits per heavy atom. The molecule has 1 aromatic heterocycles. The van der Waals surface area contributed by atoms with E-state index < -0.39 is 10.0 Å². The van der Waals surface area contributed by atoms with Crippen molar-refractivity contribution in [1.29, 1.82) is 0 Å². The summed E-state index contributed by atoms with van der Waals surface area (Å²) in [6, 6.07) is 21.9. The molecule has 0 atom stereocenters. The van der Waals surface area contributed by atoms with E-state index in [2.05, 4.69) is 15.5 Å². The van der Waals surface area contributed by atoms with Crippen LogP contribution in [0.1, 0.15) is 18.4 Å². The number of nitrogens with one attached hydrogen (secondary N) is 1. The highest BCUT2D eigenvalue weighted by atomic mass is 32.2. The number of amides is 1. The number of anilines is 1. The minimum Gasteiger partial charge on any atom is -0.326 e. The van der Waals surface area contributed by atoms with Gasteiger partial charge in [-0.25, -0.2) is 8.42 Å². The first-order chi connectivity index (χ1) is 16.4. The van der Waals surface area contributed by atoms with Crippen molar-refractivity contribution in [2.24, 2.45) is 5.92 Å². The molecule has 0 bridgehead atoms. The molecular formula is C25H25N5O3S. The van der Waals surface area contributed by atoms with Crippen LogP contribution in [0.4, 0.5) is 5.69 Å². The summed E-state index contributed by atoms with van der Waals surface area (Å²) in [6.07, 6.45) is 0.951. The van der Waals surface area contributed by atoms with Crippen LogP contribution in [0, 0.1) is 12.8 Å². The second-order valence-electron chi connectivity index (χ2n) is 8.51. The van der Waals surface area contributed by atoms with Crippen LogP contribution in [0.3, 0.4) is 0 Å². The van der Waals surface area contributed by atoms with E-state index in [1.54, 1.807) is 41.2 Å². The van der Waals surface area contributed by atoms with E-state index in [1.165, 1.54) is 4.31 Å². The summed E-state index contributed by atoms with van der Waals surface area (Å²) in [4.78, 5) is 14.7. The van der Waals surface area contributed by atoms with E-state index in [0.717, 1.165) is 16.8 Å². The molecule has 1 saturated heterocycles. The molecule has 0 unspecified atom stereocenters. The van der Waals surface area contributed by atoms with E-state index >= 15 is 0 Å². The lowest BCUT2D eigenvalue weighted by atomic mass is 9.97. The number of aromatic nitrogens is 3. The van der Waals surface area contributed by atoms with Crippen molar-refractivity contribution >= 4 is 32.7 Å². The number of hydrogen-bond donors (Lipinski definition) is 1. The van der Waals surface area contributed by atoms with E-state index in [1.807, 2.05) is 43.3 Å². The van der Waals surface area contributed by atoms with Crippen LogP contribution in [0.2, 0.25) is 0 Å². The highest BCUT2D eigenvalue weighted by Gasteiger charge is 2.32. The monoisotopic (exact) mass is 475 g/mol. The average molecular weight is 476 g/mol. The van der Waals surface area contributed by atoms with Crippen molar-refractivity contribution in [2.45, 2.75) is 24.7 Å². The second-order valence-corrected chi connectivity index (χ2v) is 10.4. The first-order valence-corrected chi connectivity index (χ1v) is 12.6. The van der Waals surface area contributed by atoms with Gasteiger partial charge in [-0.05, 0) is 62.2 Å². The van der Waals surface area contributed by atoms with Crippen molar-refractivity contribution in [3.8, 4) is 5.69 Å². The van der Waals surface area contributed by atoms with Crippen molar-refractivity contribution in [3.63, 3.8) is 0 Å². The van der Waals surface area contributed by atoms with Crippen molar-refractivity contribution in [3.05, 3.63) is 78.4 Å². The molecule has 5 rings (SSSR count). The van der Waals surface area contributed by atoms with Gasteiger partial charge in [0.15, 0.2) is 0 Å². The summed E-state index contributed by atoms with van der Waals surface area (Å²) in [6.45, 7) is 2.56. The molecule has 0 saturated carbocycles. The fourth-order valence-corrected chi connectivity index (χ4v) is 5.60. The topological polar surface area (TPSA) is 97.2 Å². The number of rotatable bonds is 5. The van der Waals surface area contributed by atoms with E-state index in [0.29, 0.717) is 37.1 Å². The fraction of sp³-hybridized carbons (Fsp3) is 0.240. The van der Waals surface area contributed by atoms with Crippen molar-refractivity contribution in [2.75, 3.05) is 18.4 Å². The molecule has 174 valence electrons. The number of aryl methyl sites for hydroxylation is 1. The van der Waals surface area contributed by atoms with Gasteiger partial charge in [-0.1, -0.05) is 35.9 Å². The molecule has 1 aliphatic rings. The Hall–Kier alpha value is -3.56. The van der Waals surface area contributed by atoms with Crippen LogP contribution in [0.25, 0.3) is 16.7 Å². The van der Waals surface area contributed by atoms with Gasteiger partial charge in [0.2, 0.25) is 15.9 Å². The molecule has 8 nitrogen and oxygen atoms in total. The van der Waals surface area contributed by atoms with E-state index in [9.17, 15) is 13.2 Å². The molecule has 0 aliphatic carbocycles. The number of carbonyl (C=O) groups is 1. The van der Waals surface area contributed by atoms with Crippen LogP contribution >= 0.6 is 0 Å². The van der Waals surface area contributed by atoms with Gasteiger partial charge in [0.1, 0.15) is 11.0 Å². The Kier molecular flexibility index (Phi) is 5.89. The Bertz CT molecular complexity index is 1420. The quantitative estimate of drug-likeness (QED) is 0.474. The number of hydrogen-bond acceptors (Lipinski definition) is 5. The number of fused-ring (bicyclic) bond motifs is 1. The maximum Gasteiger partial charge on any atom is 0.243 e. The smallest absolute Gasteiger partial charge is 0.243 e. The maximum atomic E-state index is 12.9. The lowest BCUT2D eigenvalue weighted by Crippen LogP contribution is -2.41. The lowest BCUT2D eigenvalue weighted by molar-refractivity contribution is -0.120. The van der Waals surface area contributed by atoms with E-state index in [4.69, 9.17) is 0 Å². The Labute approximate surface area is 198 Å². The van der Waals surface area contributed by atoms with Gasteiger partial charge in [-0.3, -0.25) is 4.79 Å². The normalized spacial score (nSPS) is 15.4. The van der Waals surface area contributed by atoms with Gasteiger partial charge in [0.25, 0.3) is 0 Å². The molecule has 1 amide bonds. The summed E-state index contributed by atoms with van der Waals surface area (Å²) in [5.41, 5.74) is 3.93. The summed E-state index contributed by atoms with van der Waals surface area (Å²) in [5, 5.41) is 12.0. The van der Waals surface area contributed by atoms with Gasteiger partial charge in [0, 0.05) is 24.7 Å². The van der Waals surface area contributed by atoms with Crippen molar-refractivity contribution in [1.82, 2.24) is 19.3 Å². The third-order valence-corrected chi connectivity index (χ3v) is 8.03. The van der Waals surface area contributed by atoms with Gasteiger partial charge < -0.3 is 5.32 Å². The molecule has 3 aromatic carbocycles. The Morgan fingerprint density at radius 3 is 2.29 bits per heavy atom. The highest BCUT2D eigenvalue weighted by Crippen LogP contribution is 2.26. The van der Waals surface area contributed by atoms with E-state index in [-0.39, 0.29) is 16.7 Å². The molecule has 0 radical (unpaired) electrons. The molecular weight excluding hydrogens is 450 g/mol. The molecule has 1 N–H and O–H groups in total. The minimum atomic E-state index is -3.55. The third kappa shape index (κ3) is 4.44. The zero-order chi connectivity index (χ0) is 23.7. The Balaban J connectivity index is 1.23. The molecule has 1 aliphatic heterocycles. The second kappa shape index (κ2) is 9.00. The number of para-hydroxylation sites is 1. The van der Waals surface area contributed by atoms with Gasteiger partial charge in [-0.2, -0.15) is 9.10 Å². The highest BCUT2D eigenvalue weighted by molar-refractivity contribution is 7.89. The predicted octanol–water partition coefficient (Wildman–Crippen LogP) is 3.77. The standard InChI is InChI=1S/C25H25N5O3S/c1-18-7-10-22(11-8-18)34(32,33)29-15-13-19(14-16-29)25(31)26-20-9-12-23-24(17-20)28-30(27-23)21-5-3-2-4-6-21/h2-12,17,19H,13-16H2,1H3,(H,26,31). The van der Waals surface area contributed by atoms with Crippen LogP contribution in [0.15, 0.2) is 77.7 Å².